The lowest BCUT2D eigenvalue weighted by Gasteiger charge is -2.06. The third-order valence-electron chi connectivity index (χ3n) is 2.37. The molecule has 1 aromatic heterocycles. The molecular weight excluding hydrogens is 236 g/mol. The zero-order chi connectivity index (χ0) is 13.4. The third-order valence-corrected chi connectivity index (χ3v) is 2.37. The number of hydrogen-bond donors (Lipinski definition) is 2. The van der Waals surface area contributed by atoms with Gasteiger partial charge in [0.2, 0.25) is 5.91 Å². The summed E-state index contributed by atoms with van der Waals surface area (Å²) in [5.74, 6) is -1.06. The van der Waals surface area contributed by atoms with Gasteiger partial charge in [-0.15, -0.1) is 0 Å². The Balaban J connectivity index is 2.23. The van der Waals surface area contributed by atoms with Crippen LogP contribution >= 0.6 is 0 Å². The van der Waals surface area contributed by atoms with Gasteiger partial charge < -0.3 is 15.0 Å². The number of carboxylic acids is 1. The quantitative estimate of drug-likeness (QED) is 0.679. The molecule has 0 radical (unpaired) electrons. The van der Waals surface area contributed by atoms with Gasteiger partial charge in [-0.1, -0.05) is 6.07 Å². The number of amides is 1. The van der Waals surface area contributed by atoms with E-state index in [1.165, 1.54) is 10.6 Å². The Bertz CT molecular complexity index is 467. The molecular formula is C12H16N2O4. The summed E-state index contributed by atoms with van der Waals surface area (Å²) in [4.78, 5) is 33.0. The fourth-order valence-corrected chi connectivity index (χ4v) is 1.42. The molecule has 0 fully saturated rings. The molecule has 0 spiro atoms. The number of nitrogens with one attached hydrogen (secondary N) is 1. The van der Waals surface area contributed by atoms with Gasteiger partial charge in [-0.3, -0.25) is 14.4 Å². The van der Waals surface area contributed by atoms with Crippen molar-refractivity contribution in [2.24, 2.45) is 0 Å². The number of nitrogens with zero attached hydrogens (tertiary/aromatic N) is 1. The molecule has 6 nitrogen and oxygen atoms in total. The van der Waals surface area contributed by atoms with E-state index in [9.17, 15) is 14.4 Å². The maximum Gasteiger partial charge on any atom is 0.303 e. The molecule has 98 valence electrons. The zero-order valence-corrected chi connectivity index (χ0v) is 9.96. The first-order valence-corrected chi connectivity index (χ1v) is 5.73. The van der Waals surface area contributed by atoms with Gasteiger partial charge in [0.05, 0.1) is 0 Å². The first-order valence-electron chi connectivity index (χ1n) is 5.73. The summed E-state index contributed by atoms with van der Waals surface area (Å²) in [5.41, 5.74) is -0.142. The van der Waals surface area contributed by atoms with Crippen molar-refractivity contribution in [1.82, 2.24) is 9.88 Å². The summed E-state index contributed by atoms with van der Waals surface area (Å²) >= 11 is 0. The van der Waals surface area contributed by atoms with Crippen LogP contribution in [0.15, 0.2) is 29.2 Å². The maximum atomic E-state index is 11.4. The fourth-order valence-electron chi connectivity index (χ4n) is 1.42. The molecule has 1 heterocycles. The Morgan fingerprint density at radius 3 is 2.72 bits per heavy atom. The molecule has 1 aromatic rings. The molecule has 18 heavy (non-hydrogen) atoms. The average Bonchev–Trinajstić information content (AvgIpc) is 2.33. The first-order chi connectivity index (χ1) is 8.59. The van der Waals surface area contributed by atoms with Crippen molar-refractivity contribution in [3.63, 3.8) is 0 Å². The summed E-state index contributed by atoms with van der Waals surface area (Å²) in [6, 6.07) is 4.81. The minimum Gasteiger partial charge on any atom is -0.481 e. The summed E-state index contributed by atoms with van der Waals surface area (Å²) in [7, 11) is 0. The van der Waals surface area contributed by atoms with Gasteiger partial charge in [-0.05, 0) is 12.5 Å². The number of carbonyl (C=O) groups is 2. The number of carbonyl (C=O) groups excluding carboxylic acids is 1. The molecule has 0 saturated carbocycles. The van der Waals surface area contributed by atoms with E-state index >= 15 is 0 Å². The van der Waals surface area contributed by atoms with Crippen LogP contribution in [0.5, 0.6) is 0 Å². The van der Waals surface area contributed by atoms with E-state index in [0.717, 1.165) is 0 Å². The highest BCUT2D eigenvalue weighted by Gasteiger charge is 2.03. The van der Waals surface area contributed by atoms with Gasteiger partial charge >= 0.3 is 5.97 Å². The van der Waals surface area contributed by atoms with Crippen LogP contribution in [0.25, 0.3) is 0 Å². The van der Waals surface area contributed by atoms with E-state index in [1.54, 1.807) is 18.3 Å². The van der Waals surface area contributed by atoms with Crippen molar-refractivity contribution in [3.8, 4) is 0 Å². The Morgan fingerprint density at radius 1 is 1.28 bits per heavy atom. The first kappa shape index (κ1) is 14.0. The van der Waals surface area contributed by atoms with Crippen LogP contribution in [0.1, 0.15) is 19.3 Å². The van der Waals surface area contributed by atoms with E-state index in [2.05, 4.69) is 5.32 Å². The Hall–Kier alpha value is -2.11. The zero-order valence-electron chi connectivity index (χ0n) is 9.96. The Kier molecular flexibility index (Phi) is 5.63. The second-order valence-corrected chi connectivity index (χ2v) is 3.83. The normalized spacial score (nSPS) is 10.0. The molecule has 0 aliphatic carbocycles. The lowest BCUT2D eigenvalue weighted by Crippen LogP contribution is -2.27. The van der Waals surface area contributed by atoms with Crippen molar-refractivity contribution in [2.45, 2.75) is 25.8 Å². The largest absolute Gasteiger partial charge is 0.481 e. The van der Waals surface area contributed by atoms with Gasteiger partial charge in [0, 0.05) is 38.2 Å². The lowest BCUT2D eigenvalue weighted by atomic mass is 10.3. The number of aryl methyl sites for hydroxylation is 1. The number of pyridine rings is 1. The van der Waals surface area contributed by atoms with Crippen LogP contribution in [-0.4, -0.2) is 28.1 Å². The van der Waals surface area contributed by atoms with Gasteiger partial charge in [0.1, 0.15) is 0 Å². The maximum absolute atomic E-state index is 11.4. The highest BCUT2D eigenvalue weighted by Crippen LogP contribution is 1.90. The molecule has 0 aromatic carbocycles. The summed E-state index contributed by atoms with van der Waals surface area (Å²) in [5, 5.41) is 11.0. The minimum absolute atomic E-state index is 0.0401. The molecule has 0 aliphatic rings. The molecule has 6 heteroatoms. The highest BCUT2D eigenvalue weighted by atomic mass is 16.4. The predicted octanol–water partition coefficient (Wildman–Crippen LogP) is 0.219. The second kappa shape index (κ2) is 7.26. The van der Waals surface area contributed by atoms with Gasteiger partial charge in [0.25, 0.3) is 5.56 Å². The Morgan fingerprint density at radius 2 is 2.06 bits per heavy atom. The molecule has 1 amide bonds. The molecule has 0 aliphatic heterocycles. The monoisotopic (exact) mass is 252 g/mol. The number of hydrogen-bond acceptors (Lipinski definition) is 3. The van der Waals surface area contributed by atoms with Crippen LogP contribution in [-0.2, 0) is 16.1 Å². The SMILES string of the molecule is O=C(O)CCCNC(=O)CCn1ccccc1=O. The average molecular weight is 252 g/mol. The standard InChI is InChI=1S/C12H16N2O4/c15-10(13-7-3-5-12(17)18)6-9-14-8-2-1-4-11(14)16/h1-2,4,8H,3,5-7,9H2,(H,13,15)(H,17,18). The second-order valence-electron chi connectivity index (χ2n) is 3.83. The fraction of sp³-hybridized carbons (Fsp3) is 0.417. The van der Waals surface area contributed by atoms with Gasteiger partial charge in [-0.2, -0.15) is 0 Å². The molecule has 0 unspecified atom stereocenters. The summed E-state index contributed by atoms with van der Waals surface area (Å²) in [6.45, 7) is 0.666. The van der Waals surface area contributed by atoms with Crippen molar-refractivity contribution < 1.29 is 14.7 Å². The van der Waals surface area contributed by atoms with E-state index < -0.39 is 5.97 Å². The molecule has 0 atom stereocenters. The molecule has 0 bridgehead atoms. The smallest absolute Gasteiger partial charge is 0.303 e. The van der Waals surface area contributed by atoms with Crippen LogP contribution in [0.4, 0.5) is 0 Å². The summed E-state index contributed by atoms with van der Waals surface area (Å²) in [6.07, 6.45) is 2.28. The number of rotatable bonds is 7. The van der Waals surface area contributed by atoms with Crippen molar-refractivity contribution >= 4 is 11.9 Å². The van der Waals surface area contributed by atoms with E-state index in [1.807, 2.05) is 0 Å². The van der Waals surface area contributed by atoms with E-state index in [0.29, 0.717) is 19.5 Å². The lowest BCUT2D eigenvalue weighted by molar-refractivity contribution is -0.137. The van der Waals surface area contributed by atoms with Crippen LogP contribution in [0.2, 0.25) is 0 Å². The van der Waals surface area contributed by atoms with Gasteiger partial charge in [0.15, 0.2) is 0 Å². The van der Waals surface area contributed by atoms with Crippen LogP contribution in [0.3, 0.4) is 0 Å². The van der Waals surface area contributed by atoms with Gasteiger partial charge in [-0.25, -0.2) is 0 Å². The molecule has 0 saturated heterocycles. The third kappa shape index (κ3) is 5.29. The minimum atomic E-state index is -0.875. The molecule has 2 N–H and O–H groups in total. The number of aliphatic carboxylic acids is 1. The van der Waals surface area contributed by atoms with E-state index in [-0.39, 0.29) is 24.3 Å². The number of carboxylic acid groups (broad SMARTS) is 1. The number of aromatic nitrogens is 1. The van der Waals surface area contributed by atoms with Crippen molar-refractivity contribution in [2.75, 3.05) is 6.54 Å². The van der Waals surface area contributed by atoms with Crippen LogP contribution in [0, 0.1) is 0 Å². The van der Waals surface area contributed by atoms with Crippen molar-refractivity contribution in [1.29, 1.82) is 0 Å². The van der Waals surface area contributed by atoms with Crippen LogP contribution < -0.4 is 10.9 Å². The Labute approximate surface area is 104 Å². The van der Waals surface area contributed by atoms with Crippen molar-refractivity contribution in [3.05, 3.63) is 34.7 Å². The molecule has 1 rings (SSSR count). The summed E-state index contributed by atoms with van der Waals surface area (Å²) < 4.78 is 1.46. The highest BCUT2D eigenvalue weighted by molar-refractivity contribution is 5.75. The predicted molar refractivity (Wildman–Crippen MR) is 65.2 cm³/mol. The van der Waals surface area contributed by atoms with E-state index in [4.69, 9.17) is 5.11 Å². The topological polar surface area (TPSA) is 88.4 Å².